The first kappa shape index (κ1) is 22.5. The molecule has 0 saturated carbocycles. The number of nitrogens with zero attached hydrogens (tertiary/aromatic N) is 6. The summed E-state index contributed by atoms with van der Waals surface area (Å²) in [5, 5.41) is 5.46. The third-order valence-electron chi connectivity index (χ3n) is 6.21. The molecule has 5 rings (SSSR count). The Bertz CT molecular complexity index is 1430. The van der Waals surface area contributed by atoms with Gasteiger partial charge in [-0.25, -0.2) is 23.1 Å². The van der Waals surface area contributed by atoms with E-state index in [9.17, 15) is 8.42 Å². The van der Waals surface area contributed by atoms with E-state index < -0.39 is 10.0 Å². The quantitative estimate of drug-likeness (QED) is 0.447. The van der Waals surface area contributed by atoms with Gasteiger partial charge in [0.15, 0.2) is 5.65 Å². The third-order valence-corrected chi connectivity index (χ3v) is 8.12. The van der Waals surface area contributed by atoms with Gasteiger partial charge in [-0.3, -0.25) is 0 Å². The molecule has 2 aromatic carbocycles. The normalized spacial score (nSPS) is 15.6. The van der Waals surface area contributed by atoms with Crippen molar-refractivity contribution in [2.45, 2.75) is 32.1 Å². The minimum absolute atomic E-state index is 0.339. The largest absolute Gasteiger partial charge is 0.355 e. The standard InChI is InChI=1S/C25H28N6O2S/c1-18-5-9-21(10-6-18)31-25-23(17-26-31)24(27-20(3)28-25)29-13-4-14-30(16-15-29)34(32,33)22-11-7-19(2)8-12-22/h5-12,17H,4,13-16H2,1-3H3. The molecule has 9 heteroatoms. The number of benzene rings is 2. The molecule has 0 unspecified atom stereocenters. The Kier molecular flexibility index (Phi) is 5.83. The Labute approximate surface area is 199 Å². The highest BCUT2D eigenvalue weighted by molar-refractivity contribution is 7.89. The lowest BCUT2D eigenvalue weighted by atomic mass is 10.2. The van der Waals surface area contributed by atoms with Gasteiger partial charge in [-0.1, -0.05) is 35.4 Å². The van der Waals surface area contributed by atoms with Crippen molar-refractivity contribution < 1.29 is 8.42 Å². The van der Waals surface area contributed by atoms with E-state index in [1.54, 1.807) is 22.6 Å². The molecular weight excluding hydrogens is 448 g/mol. The number of rotatable bonds is 4. The maximum absolute atomic E-state index is 13.2. The van der Waals surface area contributed by atoms with Gasteiger partial charge in [0, 0.05) is 26.2 Å². The molecule has 176 valence electrons. The monoisotopic (exact) mass is 476 g/mol. The van der Waals surface area contributed by atoms with Gasteiger partial charge >= 0.3 is 0 Å². The van der Waals surface area contributed by atoms with Crippen molar-refractivity contribution in [2.24, 2.45) is 0 Å². The van der Waals surface area contributed by atoms with E-state index in [1.807, 2.05) is 42.8 Å². The Morgan fingerprint density at radius 3 is 2.18 bits per heavy atom. The number of aryl methyl sites for hydroxylation is 3. The molecule has 0 amide bonds. The van der Waals surface area contributed by atoms with Gasteiger partial charge in [0.05, 0.1) is 22.2 Å². The lowest BCUT2D eigenvalue weighted by Gasteiger charge is -2.23. The van der Waals surface area contributed by atoms with Crippen LogP contribution in [-0.4, -0.2) is 58.7 Å². The van der Waals surface area contributed by atoms with Crippen LogP contribution in [0.2, 0.25) is 0 Å². The van der Waals surface area contributed by atoms with Crippen LogP contribution in [0.25, 0.3) is 16.7 Å². The second-order valence-electron chi connectivity index (χ2n) is 8.78. The molecular formula is C25H28N6O2S. The molecule has 1 fully saturated rings. The van der Waals surface area contributed by atoms with Crippen molar-refractivity contribution in [3.8, 4) is 5.69 Å². The van der Waals surface area contributed by atoms with Gasteiger partial charge in [-0.05, 0) is 51.5 Å². The van der Waals surface area contributed by atoms with E-state index in [2.05, 4.69) is 34.0 Å². The minimum Gasteiger partial charge on any atom is -0.355 e. The SMILES string of the molecule is Cc1ccc(-n2ncc3c(N4CCCN(S(=O)(=O)c5ccc(C)cc5)CC4)nc(C)nc32)cc1. The Morgan fingerprint density at radius 2 is 1.47 bits per heavy atom. The van der Waals surface area contributed by atoms with E-state index >= 15 is 0 Å². The molecule has 8 nitrogen and oxygen atoms in total. The van der Waals surface area contributed by atoms with E-state index in [1.165, 1.54) is 5.56 Å². The fraction of sp³-hybridized carbons (Fsp3) is 0.320. The summed E-state index contributed by atoms with van der Waals surface area (Å²) in [5.41, 5.74) is 3.91. The van der Waals surface area contributed by atoms with E-state index in [0.717, 1.165) is 28.1 Å². The van der Waals surface area contributed by atoms with E-state index in [0.29, 0.717) is 43.3 Å². The second kappa shape index (κ2) is 8.81. The summed E-state index contributed by atoms with van der Waals surface area (Å²) in [5.74, 6) is 1.46. The number of anilines is 1. The zero-order valence-electron chi connectivity index (χ0n) is 19.6. The lowest BCUT2D eigenvalue weighted by Crippen LogP contribution is -2.35. The maximum Gasteiger partial charge on any atom is 0.243 e. The Morgan fingerprint density at radius 1 is 0.794 bits per heavy atom. The smallest absolute Gasteiger partial charge is 0.243 e. The molecule has 0 bridgehead atoms. The first-order valence-corrected chi connectivity index (χ1v) is 12.9. The molecule has 0 spiro atoms. The van der Waals surface area contributed by atoms with Crippen LogP contribution >= 0.6 is 0 Å². The lowest BCUT2D eigenvalue weighted by molar-refractivity contribution is 0.433. The fourth-order valence-corrected chi connectivity index (χ4v) is 5.79. The van der Waals surface area contributed by atoms with E-state index in [-0.39, 0.29) is 0 Å². The van der Waals surface area contributed by atoms with Crippen LogP contribution in [0.1, 0.15) is 23.4 Å². The zero-order valence-corrected chi connectivity index (χ0v) is 20.5. The summed E-state index contributed by atoms with van der Waals surface area (Å²) in [6, 6.07) is 15.2. The first-order valence-electron chi connectivity index (χ1n) is 11.4. The topological polar surface area (TPSA) is 84.2 Å². The highest BCUT2D eigenvalue weighted by Gasteiger charge is 2.28. The third kappa shape index (κ3) is 4.17. The molecule has 1 saturated heterocycles. The van der Waals surface area contributed by atoms with Crippen LogP contribution in [0.4, 0.5) is 5.82 Å². The van der Waals surface area contributed by atoms with E-state index in [4.69, 9.17) is 4.98 Å². The summed E-state index contributed by atoms with van der Waals surface area (Å²) < 4.78 is 29.8. The van der Waals surface area contributed by atoms with Crippen molar-refractivity contribution in [3.05, 3.63) is 71.7 Å². The molecule has 4 aromatic rings. The predicted molar refractivity (Wildman–Crippen MR) is 133 cm³/mol. The molecule has 3 heterocycles. The highest BCUT2D eigenvalue weighted by Crippen LogP contribution is 2.27. The number of hydrogen-bond acceptors (Lipinski definition) is 6. The summed E-state index contributed by atoms with van der Waals surface area (Å²) in [4.78, 5) is 11.9. The molecule has 34 heavy (non-hydrogen) atoms. The van der Waals surface area contributed by atoms with Crippen molar-refractivity contribution in [3.63, 3.8) is 0 Å². The summed E-state index contributed by atoms with van der Waals surface area (Å²) >= 11 is 0. The second-order valence-corrected chi connectivity index (χ2v) is 10.7. The zero-order chi connectivity index (χ0) is 23.9. The average molecular weight is 477 g/mol. The Balaban J connectivity index is 1.44. The summed E-state index contributed by atoms with van der Waals surface area (Å²) in [6.07, 6.45) is 2.51. The van der Waals surface area contributed by atoms with Gasteiger partial charge in [0.1, 0.15) is 11.6 Å². The molecule has 2 aromatic heterocycles. The number of hydrogen-bond donors (Lipinski definition) is 0. The predicted octanol–water partition coefficient (Wildman–Crippen LogP) is 3.64. The van der Waals surface area contributed by atoms with Gasteiger partial charge in [-0.15, -0.1) is 0 Å². The highest BCUT2D eigenvalue weighted by atomic mass is 32.2. The van der Waals surface area contributed by atoms with Crippen molar-refractivity contribution >= 4 is 26.9 Å². The minimum atomic E-state index is -3.54. The van der Waals surface area contributed by atoms with Gasteiger partial charge in [-0.2, -0.15) is 9.40 Å². The van der Waals surface area contributed by atoms with Crippen LogP contribution < -0.4 is 4.90 Å². The van der Waals surface area contributed by atoms with Gasteiger partial charge in [0.25, 0.3) is 0 Å². The Hall–Kier alpha value is -3.30. The molecule has 0 aliphatic carbocycles. The summed E-state index contributed by atoms with van der Waals surface area (Å²) in [6.45, 7) is 8.01. The first-order chi connectivity index (χ1) is 16.3. The van der Waals surface area contributed by atoms with Crippen LogP contribution in [0.5, 0.6) is 0 Å². The number of aromatic nitrogens is 4. The van der Waals surface area contributed by atoms with Crippen molar-refractivity contribution in [2.75, 3.05) is 31.1 Å². The van der Waals surface area contributed by atoms with Crippen LogP contribution in [0, 0.1) is 20.8 Å². The van der Waals surface area contributed by atoms with Crippen LogP contribution in [-0.2, 0) is 10.0 Å². The van der Waals surface area contributed by atoms with Gasteiger partial charge in [0.2, 0.25) is 10.0 Å². The molecule has 1 aliphatic rings. The van der Waals surface area contributed by atoms with Gasteiger partial charge < -0.3 is 4.90 Å². The number of fused-ring (bicyclic) bond motifs is 1. The molecule has 1 aliphatic heterocycles. The molecule has 0 N–H and O–H groups in total. The summed E-state index contributed by atoms with van der Waals surface area (Å²) in [7, 11) is -3.54. The fourth-order valence-electron chi connectivity index (χ4n) is 4.32. The number of sulfonamides is 1. The van der Waals surface area contributed by atoms with Crippen LogP contribution in [0.15, 0.2) is 59.6 Å². The van der Waals surface area contributed by atoms with Crippen molar-refractivity contribution in [1.29, 1.82) is 0 Å². The maximum atomic E-state index is 13.2. The molecule has 0 atom stereocenters. The van der Waals surface area contributed by atoms with Crippen molar-refractivity contribution in [1.82, 2.24) is 24.1 Å². The average Bonchev–Trinajstić information content (AvgIpc) is 3.07. The van der Waals surface area contributed by atoms with Crippen LogP contribution in [0.3, 0.4) is 0 Å². The molecule has 0 radical (unpaired) electrons.